The molecule has 8 heteroatoms. The van der Waals surface area contributed by atoms with Crippen LogP contribution in [-0.4, -0.2) is 40.2 Å². The minimum Gasteiger partial charge on any atom is -0.370 e. The highest BCUT2D eigenvalue weighted by molar-refractivity contribution is 7.13. The zero-order valence-corrected chi connectivity index (χ0v) is 15.7. The van der Waals surface area contributed by atoms with Crippen LogP contribution in [0.15, 0.2) is 42.0 Å². The van der Waals surface area contributed by atoms with Crippen LogP contribution < -0.4 is 16.0 Å². The summed E-state index contributed by atoms with van der Waals surface area (Å²) in [6.45, 7) is 1.84. The molecule has 1 aliphatic heterocycles. The van der Waals surface area contributed by atoms with E-state index in [4.69, 9.17) is 5.73 Å². The molecule has 1 atom stereocenters. The molecule has 1 saturated heterocycles. The molecule has 27 heavy (non-hydrogen) atoms. The third-order valence-corrected chi connectivity index (χ3v) is 5.64. The molecule has 140 valence electrons. The predicted molar refractivity (Wildman–Crippen MR) is 108 cm³/mol. The number of anilines is 2. The summed E-state index contributed by atoms with van der Waals surface area (Å²) in [6, 6.07) is 8.16. The van der Waals surface area contributed by atoms with Crippen LogP contribution >= 0.6 is 11.3 Å². The second-order valence-electron chi connectivity index (χ2n) is 6.67. The van der Waals surface area contributed by atoms with Crippen LogP contribution in [0.1, 0.15) is 29.8 Å². The van der Waals surface area contributed by atoms with Gasteiger partial charge in [0.15, 0.2) is 0 Å². The molecule has 3 heterocycles. The molecular formula is C19H22N6OS. The SMILES string of the molecule is NC1CCCN(c2ccccc2NC(=O)c2csc(-c3cn[nH]c3)n2)CC1. The Morgan fingerprint density at radius 2 is 2.19 bits per heavy atom. The van der Waals surface area contributed by atoms with E-state index in [1.807, 2.05) is 24.3 Å². The van der Waals surface area contributed by atoms with Crippen molar-refractivity contribution < 1.29 is 4.79 Å². The molecule has 2 aromatic heterocycles. The van der Waals surface area contributed by atoms with Crippen LogP contribution in [0, 0.1) is 0 Å². The Hall–Kier alpha value is -2.71. The maximum atomic E-state index is 12.7. The van der Waals surface area contributed by atoms with Gasteiger partial charge in [0.25, 0.3) is 5.91 Å². The number of carbonyl (C=O) groups is 1. The highest BCUT2D eigenvalue weighted by Gasteiger charge is 2.19. The van der Waals surface area contributed by atoms with E-state index in [0.717, 1.165) is 54.3 Å². The fourth-order valence-corrected chi connectivity index (χ4v) is 4.06. The average Bonchev–Trinajstić information content (AvgIpc) is 3.33. The number of amides is 1. The highest BCUT2D eigenvalue weighted by atomic mass is 32.1. The van der Waals surface area contributed by atoms with Gasteiger partial charge in [0, 0.05) is 36.3 Å². The molecular weight excluding hydrogens is 360 g/mol. The third kappa shape index (κ3) is 4.01. The standard InChI is InChI=1S/C19H22N6OS/c20-14-4-3-8-25(9-7-14)17-6-2-1-5-15(17)23-18(26)16-12-27-19(24-16)13-10-21-22-11-13/h1-2,5-6,10-12,14H,3-4,7-9,20H2,(H,21,22)(H,23,26). The molecule has 1 fully saturated rings. The molecule has 4 rings (SSSR count). The summed E-state index contributed by atoms with van der Waals surface area (Å²) < 4.78 is 0. The van der Waals surface area contributed by atoms with Gasteiger partial charge in [-0.25, -0.2) is 4.98 Å². The average molecular weight is 382 g/mol. The first-order valence-electron chi connectivity index (χ1n) is 9.06. The van der Waals surface area contributed by atoms with Gasteiger partial charge in [0.1, 0.15) is 10.7 Å². The summed E-state index contributed by atoms with van der Waals surface area (Å²) >= 11 is 1.43. The number of aromatic amines is 1. The number of aromatic nitrogens is 3. The van der Waals surface area contributed by atoms with Crippen LogP contribution in [0.25, 0.3) is 10.6 Å². The highest BCUT2D eigenvalue weighted by Crippen LogP contribution is 2.29. The molecule has 0 aliphatic carbocycles. The molecule has 1 aliphatic rings. The molecule has 0 saturated carbocycles. The number of carbonyl (C=O) groups excluding carboxylic acids is 1. The topological polar surface area (TPSA) is 99.9 Å². The molecule has 1 amide bonds. The summed E-state index contributed by atoms with van der Waals surface area (Å²) in [5.41, 5.74) is 9.22. The van der Waals surface area contributed by atoms with Crippen molar-refractivity contribution in [1.82, 2.24) is 15.2 Å². The lowest BCUT2D eigenvalue weighted by Gasteiger charge is -2.25. The molecule has 0 radical (unpaired) electrons. The van der Waals surface area contributed by atoms with Crippen molar-refractivity contribution in [3.05, 3.63) is 47.7 Å². The van der Waals surface area contributed by atoms with E-state index >= 15 is 0 Å². The number of rotatable bonds is 4. The summed E-state index contributed by atoms with van der Waals surface area (Å²) in [6.07, 6.45) is 6.52. The quantitative estimate of drug-likeness (QED) is 0.644. The van der Waals surface area contributed by atoms with E-state index in [1.165, 1.54) is 11.3 Å². The Labute approximate surface area is 161 Å². The predicted octanol–water partition coefficient (Wildman–Crippen LogP) is 3.10. The maximum absolute atomic E-state index is 12.7. The summed E-state index contributed by atoms with van der Waals surface area (Å²) in [7, 11) is 0. The van der Waals surface area contributed by atoms with E-state index in [2.05, 4.69) is 25.4 Å². The number of benzene rings is 1. The van der Waals surface area contributed by atoms with Gasteiger partial charge in [-0.15, -0.1) is 11.3 Å². The fraction of sp³-hybridized carbons (Fsp3) is 0.316. The summed E-state index contributed by atoms with van der Waals surface area (Å²) in [5, 5.41) is 12.2. The van der Waals surface area contributed by atoms with E-state index in [9.17, 15) is 4.79 Å². The van der Waals surface area contributed by atoms with Crippen molar-refractivity contribution in [3.63, 3.8) is 0 Å². The Balaban J connectivity index is 1.52. The molecule has 4 N–H and O–H groups in total. The van der Waals surface area contributed by atoms with Gasteiger partial charge in [0.2, 0.25) is 0 Å². The first-order valence-corrected chi connectivity index (χ1v) is 9.94. The number of nitrogens with one attached hydrogen (secondary N) is 2. The molecule has 0 spiro atoms. The van der Waals surface area contributed by atoms with Gasteiger partial charge < -0.3 is 16.0 Å². The second-order valence-corrected chi connectivity index (χ2v) is 7.53. The number of nitrogens with zero attached hydrogens (tertiary/aromatic N) is 3. The van der Waals surface area contributed by atoms with Crippen molar-refractivity contribution in [1.29, 1.82) is 0 Å². The Morgan fingerprint density at radius 1 is 1.30 bits per heavy atom. The monoisotopic (exact) mass is 382 g/mol. The van der Waals surface area contributed by atoms with E-state index in [1.54, 1.807) is 17.8 Å². The van der Waals surface area contributed by atoms with E-state index in [0.29, 0.717) is 5.69 Å². The first-order chi connectivity index (χ1) is 13.2. The maximum Gasteiger partial charge on any atom is 0.275 e. The van der Waals surface area contributed by atoms with Crippen molar-refractivity contribution >= 4 is 28.6 Å². The lowest BCUT2D eigenvalue weighted by molar-refractivity contribution is 0.102. The van der Waals surface area contributed by atoms with Gasteiger partial charge in [-0.05, 0) is 31.4 Å². The Bertz CT molecular complexity index is 907. The van der Waals surface area contributed by atoms with Gasteiger partial charge in [0.05, 0.1) is 17.6 Å². The van der Waals surface area contributed by atoms with Crippen LogP contribution in [0.2, 0.25) is 0 Å². The van der Waals surface area contributed by atoms with Gasteiger partial charge >= 0.3 is 0 Å². The second kappa shape index (κ2) is 7.89. The summed E-state index contributed by atoms with van der Waals surface area (Å²) in [5.74, 6) is -0.208. The Morgan fingerprint density at radius 3 is 3.04 bits per heavy atom. The number of H-pyrrole nitrogens is 1. The molecule has 0 bridgehead atoms. The number of nitrogens with two attached hydrogens (primary N) is 1. The zero-order valence-electron chi connectivity index (χ0n) is 14.9. The lowest BCUT2D eigenvalue weighted by Crippen LogP contribution is -2.27. The first kappa shape index (κ1) is 17.7. The van der Waals surface area contributed by atoms with Crippen LogP contribution in [0.5, 0.6) is 0 Å². The molecule has 7 nitrogen and oxygen atoms in total. The van der Waals surface area contributed by atoms with Crippen LogP contribution in [-0.2, 0) is 0 Å². The number of para-hydroxylation sites is 2. The van der Waals surface area contributed by atoms with Crippen molar-refractivity contribution in [2.45, 2.75) is 25.3 Å². The fourth-order valence-electron chi connectivity index (χ4n) is 3.28. The normalized spacial score (nSPS) is 17.5. The van der Waals surface area contributed by atoms with Crippen LogP contribution in [0.4, 0.5) is 11.4 Å². The number of hydrogen-bond donors (Lipinski definition) is 3. The minimum absolute atomic E-state index is 0.208. The van der Waals surface area contributed by atoms with Gasteiger partial charge in [-0.2, -0.15) is 5.10 Å². The Kier molecular flexibility index (Phi) is 5.17. The molecule has 1 unspecified atom stereocenters. The number of hydrogen-bond acceptors (Lipinski definition) is 6. The lowest BCUT2D eigenvalue weighted by atomic mass is 10.1. The van der Waals surface area contributed by atoms with Crippen molar-refractivity contribution in [2.24, 2.45) is 5.73 Å². The molecule has 1 aromatic carbocycles. The van der Waals surface area contributed by atoms with E-state index in [-0.39, 0.29) is 11.9 Å². The van der Waals surface area contributed by atoms with Gasteiger partial charge in [-0.1, -0.05) is 12.1 Å². The largest absolute Gasteiger partial charge is 0.370 e. The van der Waals surface area contributed by atoms with Crippen LogP contribution in [0.3, 0.4) is 0 Å². The van der Waals surface area contributed by atoms with Crippen molar-refractivity contribution in [3.8, 4) is 10.6 Å². The summed E-state index contributed by atoms with van der Waals surface area (Å²) in [4.78, 5) is 19.5. The van der Waals surface area contributed by atoms with Crippen molar-refractivity contribution in [2.75, 3.05) is 23.3 Å². The number of thiazole rings is 1. The zero-order chi connectivity index (χ0) is 18.6. The van der Waals surface area contributed by atoms with Gasteiger partial charge in [-0.3, -0.25) is 9.89 Å². The molecule has 3 aromatic rings. The minimum atomic E-state index is -0.208. The van der Waals surface area contributed by atoms with E-state index < -0.39 is 0 Å². The third-order valence-electron chi connectivity index (χ3n) is 4.75. The smallest absolute Gasteiger partial charge is 0.275 e.